The second-order valence-electron chi connectivity index (χ2n) is 4.62. The maximum Gasteiger partial charge on any atom is 0.416 e. The number of rotatable bonds is 3. The average molecular weight is 302 g/mol. The van der Waals surface area contributed by atoms with Gasteiger partial charge in [0, 0.05) is 12.5 Å². The summed E-state index contributed by atoms with van der Waals surface area (Å²) in [7, 11) is 0. The summed E-state index contributed by atoms with van der Waals surface area (Å²) in [6.07, 6.45) is -5.69. The van der Waals surface area contributed by atoms with Crippen LogP contribution in [0.3, 0.4) is 0 Å². The maximum atomic E-state index is 13.0. The molecule has 0 fully saturated rings. The molecule has 0 saturated heterocycles. The van der Waals surface area contributed by atoms with Crippen molar-refractivity contribution in [3.05, 3.63) is 70.8 Å². The van der Waals surface area contributed by atoms with Crippen LogP contribution in [0.5, 0.6) is 0 Å². The lowest BCUT2D eigenvalue weighted by molar-refractivity contribution is -0.137. The van der Waals surface area contributed by atoms with Crippen molar-refractivity contribution in [1.29, 1.82) is 0 Å². The normalized spacial score (nSPS) is 13.2. The second kappa shape index (κ2) is 5.81. The molecule has 0 spiro atoms. The summed E-state index contributed by atoms with van der Waals surface area (Å²) in [5, 5.41) is 9.92. The molecule has 0 aliphatic carbocycles. The van der Waals surface area contributed by atoms with E-state index in [2.05, 4.69) is 0 Å². The number of aliphatic hydroxyl groups excluding tert-OH is 1. The fourth-order valence-corrected chi connectivity index (χ4v) is 1.96. The van der Waals surface area contributed by atoms with Crippen molar-refractivity contribution >= 4 is 0 Å². The predicted octanol–water partition coefficient (Wildman–Crippen LogP) is 4.26. The highest BCUT2D eigenvalue weighted by Crippen LogP contribution is 2.30. The molecule has 1 N–H and O–H groups in total. The van der Waals surface area contributed by atoms with E-state index in [1.54, 1.807) is 0 Å². The van der Waals surface area contributed by atoms with Crippen molar-refractivity contribution in [3.8, 4) is 0 Å². The van der Waals surface area contributed by atoms with E-state index >= 15 is 0 Å². The molecule has 21 heavy (non-hydrogen) atoms. The summed E-state index contributed by atoms with van der Waals surface area (Å²) in [4.78, 5) is 0. The molecular weight excluding hydrogens is 291 g/mol. The Labute approximate surface area is 117 Å². The van der Waals surface area contributed by atoms with Crippen LogP contribution < -0.4 is 0 Å². The first-order valence-corrected chi connectivity index (χ1v) is 6.06. The number of halogens is 5. The molecule has 2 rings (SSSR count). The van der Waals surface area contributed by atoms with Gasteiger partial charge < -0.3 is 5.11 Å². The lowest BCUT2D eigenvalue weighted by atomic mass is 10.00. The van der Waals surface area contributed by atoms with E-state index in [-0.39, 0.29) is 17.5 Å². The molecule has 1 nitrogen and oxygen atoms in total. The number of alkyl halides is 3. The highest BCUT2D eigenvalue weighted by molar-refractivity contribution is 5.28. The number of benzene rings is 2. The summed E-state index contributed by atoms with van der Waals surface area (Å²) in [5.41, 5.74) is -0.359. The van der Waals surface area contributed by atoms with Gasteiger partial charge in [0.2, 0.25) is 0 Å². The number of hydrogen-bond acceptors (Lipinski definition) is 1. The van der Waals surface area contributed by atoms with Gasteiger partial charge in [-0.3, -0.25) is 0 Å². The molecule has 2 aromatic carbocycles. The zero-order valence-electron chi connectivity index (χ0n) is 10.7. The van der Waals surface area contributed by atoms with Crippen LogP contribution in [0.2, 0.25) is 0 Å². The summed E-state index contributed by atoms with van der Waals surface area (Å²) in [6.45, 7) is 0. The minimum Gasteiger partial charge on any atom is -0.388 e. The van der Waals surface area contributed by atoms with Gasteiger partial charge in [-0.1, -0.05) is 12.1 Å². The van der Waals surface area contributed by atoms with Crippen LogP contribution in [0.25, 0.3) is 0 Å². The van der Waals surface area contributed by atoms with Crippen LogP contribution in [-0.2, 0) is 12.6 Å². The van der Waals surface area contributed by atoms with Gasteiger partial charge in [-0.15, -0.1) is 0 Å². The molecule has 0 saturated carbocycles. The van der Waals surface area contributed by atoms with Gasteiger partial charge >= 0.3 is 6.18 Å². The van der Waals surface area contributed by atoms with E-state index in [4.69, 9.17) is 0 Å². The highest BCUT2D eigenvalue weighted by Gasteiger charge is 2.30. The van der Waals surface area contributed by atoms with E-state index in [1.165, 1.54) is 0 Å². The van der Waals surface area contributed by atoms with Crippen LogP contribution in [0.15, 0.2) is 42.5 Å². The van der Waals surface area contributed by atoms with Crippen molar-refractivity contribution in [2.45, 2.75) is 18.7 Å². The van der Waals surface area contributed by atoms with Crippen LogP contribution in [0.1, 0.15) is 22.8 Å². The molecule has 0 aliphatic heterocycles. The first-order chi connectivity index (χ1) is 9.75. The Kier molecular flexibility index (Phi) is 4.27. The standard InChI is InChI=1S/C15H11F5O/c16-12-5-9(6-13(17)8-12)7-14(21)10-1-3-11(4-2-10)15(18,19)20/h1-6,8,14,21H,7H2. The van der Waals surface area contributed by atoms with Crippen LogP contribution in [0.4, 0.5) is 22.0 Å². The lowest BCUT2D eigenvalue weighted by Gasteiger charge is -2.13. The largest absolute Gasteiger partial charge is 0.416 e. The first-order valence-electron chi connectivity index (χ1n) is 6.06. The van der Waals surface area contributed by atoms with E-state index in [0.29, 0.717) is 6.07 Å². The summed E-state index contributed by atoms with van der Waals surface area (Å²) < 4.78 is 63.3. The molecule has 1 unspecified atom stereocenters. The second-order valence-corrected chi connectivity index (χ2v) is 4.62. The van der Waals surface area contributed by atoms with Gasteiger partial charge in [0.1, 0.15) is 11.6 Å². The monoisotopic (exact) mass is 302 g/mol. The highest BCUT2D eigenvalue weighted by atomic mass is 19.4. The Morgan fingerprint density at radius 2 is 1.43 bits per heavy atom. The Morgan fingerprint density at radius 1 is 0.905 bits per heavy atom. The zero-order valence-corrected chi connectivity index (χ0v) is 10.7. The number of aliphatic hydroxyl groups is 1. The van der Waals surface area contributed by atoms with Crippen LogP contribution in [-0.4, -0.2) is 5.11 Å². The molecule has 0 aromatic heterocycles. The third kappa shape index (κ3) is 4.01. The molecule has 112 valence electrons. The average Bonchev–Trinajstić information content (AvgIpc) is 2.36. The number of hydrogen-bond donors (Lipinski definition) is 1. The van der Waals surface area contributed by atoms with Crippen molar-refractivity contribution < 1.29 is 27.1 Å². The molecule has 0 bridgehead atoms. The molecule has 6 heteroatoms. The molecule has 0 amide bonds. The van der Waals surface area contributed by atoms with E-state index in [0.717, 1.165) is 36.4 Å². The van der Waals surface area contributed by atoms with Crippen molar-refractivity contribution in [2.24, 2.45) is 0 Å². The van der Waals surface area contributed by atoms with Gasteiger partial charge in [0.25, 0.3) is 0 Å². The van der Waals surface area contributed by atoms with E-state index in [9.17, 15) is 27.1 Å². The maximum absolute atomic E-state index is 13.0. The molecule has 0 aliphatic rings. The zero-order chi connectivity index (χ0) is 15.6. The minimum atomic E-state index is -4.45. The van der Waals surface area contributed by atoms with Gasteiger partial charge in [-0.05, 0) is 35.4 Å². The molecule has 1 atom stereocenters. The van der Waals surface area contributed by atoms with E-state index < -0.39 is 29.5 Å². The van der Waals surface area contributed by atoms with Crippen LogP contribution in [0, 0.1) is 11.6 Å². The van der Waals surface area contributed by atoms with Crippen molar-refractivity contribution in [1.82, 2.24) is 0 Å². The van der Waals surface area contributed by atoms with Crippen molar-refractivity contribution in [3.63, 3.8) is 0 Å². The third-order valence-electron chi connectivity index (χ3n) is 2.97. The Bertz CT molecular complexity index is 599. The topological polar surface area (TPSA) is 20.2 Å². The van der Waals surface area contributed by atoms with Crippen molar-refractivity contribution in [2.75, 3.05) is 0 Å². The molecular formula is C15H11F5O. The SMILES string of the molecule is OC(Cc1cc(F)cc(F)c1)c1ccc(C(F)(F)F)cc1. The Morgan fingerprint density at radius 3 is 1.90 bits per heavy atom. The van der Waals surface area contributed by atoms with Gasteiger partial charge in [-0.2, -0.15) is 13.2 Å². The summed E-state index contributed by atoms with van der Waals surface area (Å²) in [6, 6.07) is 6.82. The van der Waals surface area contributed by atoms with Gasteiger partial charge in [0.05, 0.1) is 11.7 Å². The predicted molar refractivity (Wildman–Crippen MR) is 66.5 cm³/mol. The summed E-state index contributed by atoms with van der Waals surface area (Å²) in [5.74, 6) is -1.55. The molecule has 2 aromatic rings. The third-order valence-corrected chi connectivity index (χ3v) is 2.97. The quantitative estimate of drug-likeness (QED) is 0.840. The fourth-order valence-electron chi connectivity index (χ4n) is 1.96. The van der Waals surface area contributed by atoms with Gasteiger partial charge in [0.15, 0.2) is 0 Å². The first kappa shape index (κ1) is 15.4. The Hall–Kier alpha value is -1.95. The fraction of sp³-hybridized carbons (Fsp3) is 0.200. The Balaban J connectivity index is 2.15. The minimum absolute atomic E-state index is 0.0972. The molecule has 0 radical (unpaired) electrons. The van der Waals surface area contributed by atoms with E-state index in [1.807, 2.05) is 0 Å². The smallest absolute Gasteiger partial charge is 0.388 e. The lowest BCUT2D eigenvalue weighted by Crippen LogP contribution is -2.07. The van der Waals surface area contributed by atoms with Crippen LogP contribution >= 0.6 is 0 Å². The summed E-state index contributed by atoms with van der Waals surface area (Å²) >= 11 is 0. The van der Waals surface area contributed by atoms with Gasteiger partial charge in [-0.25, -0.2) is 8.78 Å². The molecule has 0 heterocycles.